The molecule has 15 atom stereocenters. The number of Topliss-reactive ketones (excluding diaryl/α,β-unsaturated/α-hetero) is 2. The van der Waals surface area contributed by atoms with E-state index in [-0.39, 0.29) is 50.0 Å². The van der Waals surface area contributed by atoms with Gasteiger partial charge in [-0.25, -0.2) is 4.79 Å². The molecule has 1 amide bonds. The lowest BCUT2D eigenvalue weighted by Crippen LogP contribution is -2.64. The average Bonchev–Trinajstić information content (AvgIpc) is 3.20. The third-order valence-corrected chi connectivity index (χ3v) is 13.2. The Morgan fingerprint density at radius 3 is 2.19 bits per heavy atom. The number of carbonyl (C=O) groups excluding carboxylic acids is 4. The predicted octanol–water partition coefficient (Wildman–Crippen LogP) is 3.44. The molecule has 4 rings (SSSR count). The van der Waals surface area contributed by atoms with Gasteiger partial charge >= 0.3 is 5.97 Å². The van der Waals surface area contributed by atoms with Crippen molar-refractivity contribution in [3.8, 4) is 0 Å². The van der Waals surface area contributed by atoms with Gasteiger partial charge in [0.2, 0.25) is 5.79 Å². The normalized spacial score (nSPS) is 42.4. The second-order valence-corrected chi connectivity index (χ2v) is 17.2. The molecule has 1 aliphatic carbocycles. The molecular formula is C43H69NO13. The molecule has 0 aromatic carbocycles. The molecule has 2 saturated heterocycles. The van der Waals surface area contributed by atoms with Crippen molar-refractivity contribution in [2.45, 2.75) is 166 Å². The number of carbonyl (C=O) groups is 4. The number of rotatable bonds is 6. The molecule has 0 aromatic rings. The summed E-state index contributed by atoms with van der Waals surface area (Å²) in [5, 5.41) is 45.6. The highest BCUT2D eigenvalue weighted by Crippen LogP contribution is 2.39. The van der Waals surface area contributed by atoms with Gasteiger partial charge in [-0.15, -0.1) is 0 Å². The number of aliphatic hydroxyl groups is 4. The monoisotopic (exact) mass is 807 g/mol. The summed E-state index contributed by atoms with van der Waals surface area (Å²) < 4.78 is 29.6. The minimum absolute atomic E-state index is 0.0255. The van der Waals surface area contributed by atoms with Crippen LogP contribution in [0.1, 0.15) is 106 Å². The van der Waals surface area contributed by atoms with Gasteiger partial charge in [0, 0.05) is 52.0 Å². The molecule has 14 heteroatoms. The molecule has 0 aromatic heterocycles. The smallest absolute Gasteiger partial charge is 0.329 e. The van der Waals surface area contributed by atoms with Gasteiger partial charge < -0.3 is 49.0 Å². The number of cyclic esters (lactones) is 1. The number of ketones is 2. The molecule has 3 fully saturated rings. The first kappa shape index (κ1) is 47.1. The van der Waals surface area contributed by atoms with E-state index in [0.717, 1.165) is 4.90 Å². The van der Waals surface area contributed by atoms with Crippen LogP contribution in [0, 0.1) is 29.6 Å². The molecule has 324 valence electrons. The number of hydrogen-bond donors (Lipinski definition) is 4. The van der Waals surface area contributed by atoms with Crippen molar-refractivity contribution >= 4 is 23.4 Å². The average molecular weight is 808 g/mol. The van der Waals surface area contributed by atoms with Crippen LogP contribution in [0.25, 0.3) is 0 Å². The summed E-state index contributed by atoms with van der Waals surface area (Å²) in [5.41, 5.74) is 1.19. The Labute approximate surface area is 338 Å². The first-order valence-electron chi connectivity index (χ1n) is 20.9. The minimum Gasteiger partial charge on any atom is -0.456 e. The molecule has 57 heavy (non-hydrogen) atoms. The minimum atomic E-state index is -2.57. The predicted molar refractivity (Wildman–Crippen MR) is 209 cm³/mol. The number of hydrogen-bond acceptors (Lipinski definition) is 13. The lowest BCUT2D eigenvalue weighted by molar-refractivity contribution is -0.302. The number of fused-ring (bicyclic) bond motifs is 3. The number of esters is 1. The summed E-state index contributed by atoms with van der Waals surface area (Å²) in [6, 6.07) is -1.16. The third-order valence-electron chi connectivity index (χ3n) is 13.2. The maximum absolute atomic E-state index is 14.3. The molecule has 3 aliphatic heterocycles. The second-order valence-electron chi connectivity index (χ2n) is 17.2. The van der Waals surface area contributed by atoms with Crippen molar-refractivity contribution in [3.05, 3.63) is 23.3 Å². The SMILES string of the molecule is CC[C@@H]1/C=C(\C)[C@@H](O)[C@H](C)C[C@H](OC)[C@H]2O[C@@](O)(C(=O)C(=O)N3CCCC[C@H]3C(=O)O[C@H](/C(C)=C/[C@@H]3CC[C@@H](O)[C@H](OC)C3)[C@H](C)[C@@H](O)CC1=O)[C@H](C)C[C@@H]2OC. The topological polar surface area (TPSA) is 199 Å². The van der Waals surface area contributed by atoms with Crippen LogP contribution in [0.15, 0.2) is 23.3 Å². The maximum Gasteiger partial charge on any atom is 0.329 e. The van der Waals surface area contributed by atoms with Crippen LogP contribution in [0.4, 0.5) is 0 Å². The van der Waals surface area contributed by atoms with E-state index < -0.39 is 95.9 Å². The molecular weight excluding hydrogens is 738 g/mol. The maximum atomic E-state index is 14.3. The Morgan fingerprint density at radius 2 is 1.56 bits per heavy atom. The highest BCUT2D eigenvalue weighted by atomic mass is 16.7. The van der Waals surface area contributed by atoms with Gasteiger partial charge in [-0.2, -0.15) is 0 Å². The summed E-state index contributed by atoms with van der Waals surface area (Å²) >= 11 is 0. The van der Waals surface area contributed by atoms with E-state index in [1.807, 2.05) is 19.9 Å². The van der Waals surface area contributed by atoms with Crippen molar-refractivity contribution in [1.82, 2.24) is 4.90 Å². The van der Waals surface area contributed by atoms with Gasteiger partial charge in [0.1, 0.15) is 24.0 Å². The van der Waals surface area contributed by atoms with Crippen LogP contribution in [0.2, 0.25) is 0 Å². The first-order valence-corrected chi connectivity index (χ1v) is 20.9. The van der Waals surface area contributed by atoms with Gasteiger partial charge in [0.05, 0.1) is 36.6 Å². The zero-order valence-electron chi connectivity index (χ0n) is 35.4. The second kappa shape index (κ2) is 20.6. The molecule has 4 aliphatic rings. The van der Waals surface area contributed by atoms with Crippen molar-refractivity contribution in [2.24, 2.45) is 29.6 Å². The van der Waals surface area contributed by atoms with Gasteiger partial charge in [-0.05, 0) is 94.6 Å². The third kappa shape index (κ3) is 10.8. The highest BCUT2D eigenvalue weighted by molar-refractivity contribution is 6.39. The first-order chi connectivity index (χ1) is 26.9. The lowest BCUT2D eigenvalue weighted by Gasteiger charge is -2.47. The summed E-state index contributed by atoms with van der Waals surface area (Å²) in [6.45, 7) is 10.6. The van der Waals surface area contributed by atoms with Crippen molar-refractivity contribution in [2.75, 3.05) is 27.9 Å². The molecule has 1 saturated carbocycles. The van der Waals surface area contributed by atoms with Crippen LogP contribution in [0.3, 0.4) is 0 Å². The van der Waals surface area contributed by atoms with Gasteiger partial charge in [0.25, 0.3) is 11.7 Å². The molecule has 3 heterocycles. The summed E-state index contributed by atoms with van der Waals surface area (Å²) in [5.74, 6) is -8.59. The molecule has 0 spiro atoms. The number of amides is 1. The Kier molecular flexibility index (Phi) is 17.0. The summed E-state index contributed by atoms with van der Waals surface area (Å²) in [6.07, 6.45) is 0.618. The number of ether oxygens (including phenoxy) is 5. The zero-order valence-corrected chi connectivity index (χ0v) is 35.4. The van der Waals surface area contributed by atoms with Crippen LogP contribution in [-0.2, 0) is 42.9 Å². The quantitative estimate of drug-likeness (QED) is 0.173. The van der Waals surface area contributed by atoms with E-state index in [4.69, 9.17) is 23.7 Å². The Balaban J connectivity index is 1.79. The van der Waals surface area contributed by atoms with E-state index in [1.165, 1.54) is 14.2 Å². The number of aliphatic hydroxyl groups excluding tert-OH is 3. The van der Waals surface area contributed by atoms with Gasteiger partial charge in [-0.1, -0.05) is 39.8 Å². The van der Waals surface area contributed by atoms with Crippen LogP contribution in [0.5, 0.6) is 0 Å². The van der Waals surface area contributed by atoms with Crippen molar-refractivity contribution in [1.29, 1.82) is 0 Å². The fourth-order valence-corrected chi connectivity index (χ4v) is 9.31. The summed E-state index contributed by atoms with van der Waals surface area (Å²) in [7, 11) is 4.49. The molecule has 2 bridgehead atoms. The number of allylic oxidation sites excluding steroid dienone is 2. The van der Waals surface area contributed by atoms with Crippen LogP contribution >= 0.6 is 0 Å². The molecule has 14 nitrogen and oxygen atoms in total. The Bertz CT molecular complexity index is 1470. The Morgan fingerprint density at radius 1 is 0.912 bits per heavy atom. The van der Waals surface area contributed by atoms with Gasteiger partial charge in [0.15, 0.2) is 0 Å². The zero-order chi connectivity index (χ0) is 42.4. The molecule has 4 N–H and O–H groups in total. The van der Waals surface area contributed by atoms with Gasteiger partial charge in [-0.3, -0.25) is 14.4 Å². The van der Waals surface area contributed by atoms with Crippen molar-refractivity contribution in [3.63, 3.8) is 0 Å². The van der Waals surface area contributed by atoms with E-state index >= 15 is 0 Å². The highest BCUT2D eigenvalue weighted by Gasteiger charge is 2.56. The fourth-order valence-electron chi connectivity index (χ4n) is 9.31. The number of methoxy groups -OCH3 is 3. The van der Waals surface area contributed by atoms with E-state index in [0.29, 0.717) is 49.7 Å². The van der Waals surface area contributed by atoms with E-state index in [9.17, 15) is 39.6 Å². The number of nitrogens with zero attached hydrogens (tertiary/aromatic N) is 1. The van der Waals surface area contributed by atoms with E-state index in [2.05, 4.69) is 0 Å². The van der Waals surface area contributed by atoms with Crippen LogP contribution < -0.4 is 0 Å². The number of piperidine rings is 1. The Hall–Kier alpha value is -2.56. The largest absolute Gasteiger partial charge is 0.456 e. The molecule has 0 radical (unpaired) electrons. The van der Waals surface area contributed by atoms with Crippen molar-refractivity contribution < 1.29 is 63.3 Å². The summed E-state index contributed by atoms with van der Waals surface area (Å²) in [4.78, 5) is 57.7. The fraction of sp³-hybridized carbons (Fsp3) is 0.814. The standard InChI is InChI=1S/C43H69NO13/c1-10-29-18-23(2)37(48)24(3)19-35(54-8)39-36(55-9)20-26(5)43(52,57-39)40(49)41(50)44-16-12-11-13-30(44)42(51)56-38(27(6)32(46)22-33(29)47)25(4)17-28-14-15-31(45)34(21-28)53-7/h17-18,24,26-32,34-39,45-46,48,52H,10-16,19-22H2,1-9H3/b23-18+,25-17+/t24-,26-,27-,28+,29-,30+,31-,32+,34-,35+,36+,37-,38-,39-,43-/m1/s1. The lowest BCUT2D eigenvalue weighted by atomic mass is 9.81. The molecule has 0 unspecified atom stereocenters. The van der Waals surface area contributed by atoms with Crippen LogP contribution in [-0.4, -0.2) is 137 Å². The van der Waals surface area contributed by atoms with E-state index in [1.54, 1.807) is 40.9 Å².